The van der Waals surface area contributed by atoms with E-state index in [1.165, 1.54) is 6.26 Å². The van der Waals surface area contributed by atoms with Crippen LogP contribution in [0.1, 0.15) is 26.2 Å². The van der Waals surface area contributed by atoms with Crippen molar-refractivity contribution in [2.75, 3.05) is 6.54 Å². The highest BCUT2D eigenvalue weighted by Crippen LogP contribution is 2.19. The molecule has 0 aliphatic rings. The van der Waals surface area contributed by atoms with Crippen LogP contribution in [-0.2, 0) is 11.3 Å². The summed E-state index contributed by atoms with van der Waals surface area (Å²) in [6, 6.07) is 3.38. The van der Waals surface area contributed by atoms with Gasteiger partial charge in [-0.2, -0.15) is 0 Å². The summed E-state index contributed by atoms with van der Waals surface area (Å²) < 4.78 is 10.7. The van der Waals surface area contributed by atoms with Gasteiger partial charge in [0.2, 0.25) is 5.89 Å². The Balaban J connectivity index is 2.03. The Labute approximate surface area is 116 Å². The lowest BCUT2D eigenvalue weighted by molar-refractivity contribution is -0.138. The molecule has 0 spiro atoms. The van der Waals surface area contributed by atoms with E-state index in [0.717, 1.165) is 0 Å². The van der Waals surface area contributed by atoms with Gasteiger partial charge in [0.1, 0.15) is 0 Å². The van der Waals surface area contributed by atoms with E-state index in [4.69, 9.17) is 13.9 Å². The van der Waals surface area contributed by atoms with Gasteiger partial charge < -0.3 is 13.9 Å². The van der Waals surface area contributed by atoms with Crippen molar-refractivity contribution in [1.29, 1.82) is 0 Å². The van der Waals surface area contributed by atoms with E-state index in [-0.39, 0.29) is 12.5 Å². The first-order valence-corrected chi connectivity index (χ1v) is 6.42. The molecule has 1 unspecified atom stereocenters. The van der Waals surface area contributed by atoms with E-state index < -0.39 is 5.97 Å². The van der Waals surface area contributed by atoms with Crippen LogP contribution in [0, 0.1) is 0 Å². The predicted octanol–water partition coefficient (Wildman–Crippen LogP) is 2.01. The standard InChI is InChI=1S/C13H17N3O4/c1-3-16(9(2)7-12(17)18)8-11-14-15-13(20-11)10-5-4-6-19-10/h4-6,9H,3,7-8H2,1-2H3,(H,17,18). The Bertz CT molecular complexity index is 550. The molecule has 1 N–H and O–H groups in total. The number of carbonyl (C=O) groups is 1. The van der Waals surface area contributed by atoms with Gasteiger partial charge >= 0.3 is 5.97 Å². The Kier molecular flexibility index (Phi) is 4.52. The normalized spacial score (nSPS) is 12.8. The number of carboxylic acid groups (broad SMARTS) is 1. The number of aromatic nitrogens is 2. The highest BCUT2D eigenvalue weighted by atomic mass is 16.4. The molecule has 0 amide bonds. The van der Waals surface area contributed by atoms with Gasteiger partial charge in [0.15, 0.2) is 5.76 Å². The summed E-state index contributed by atoms with van der Waals surface area (Å²) in [7, 11) is 0. The van der Waals surface area contributed by atoms with E-state index in [1.54, 1.807) is 12.1 Å². The molecule has 0 fully saturated rings. The number of carboxylic acids is 1. The van der Waals surface area contributed by atoms with Crippen LogP contribution in [0.2, 0.25) is 0 Å². The smallest absolute Gasteiger partial charge is 0.304 e. The summed E-state index contributed by atoms with van der Waals surface area (Å²) in [6.45, 7) is 4.94. The maximum Gasteiger partial charge on any atom is 0.304 e. The molecule has 0 aromatic carbocycles. The quantitative estimate of drug-likeness (QED) is 0.828. The molecule has 2 aromatic rings. The summed E-state index contributed by atoms with van der Waals surface area (Å²) in [5.41, 5.74) is 0. The largest absolute Gasteiger partial charge is 0.481 e. The summed E-state index contributed by atoms with van der Waals surface area (Å²) in [5, 5.41) is 16.7. The van der Waals surface area contributed by atoms with E-state index in [0.29, 0.717) is 30.6 Å². The SMILES string of the molecule is CCN(Cc1nnc(-c2ccco2)o1)C(C)CC(=O)O. The molecule has 1 atom stereocenters. The minimum atomic E-state index is -0.822. The molecule has 0 saturated carbocycles. The second-order valence-electron chi connectivity index (χ2n) is 4.49. The van der Waals surface area contributed by atoms with Crippen LogP contribution >= 0.6 is 0 Å². The first kappa shape index (κ1) is 14.3. The maximum absolute atomic E-state index is 10.8. The topological polar surface area (TPSA) is 92.6 Å². The molecule has 108 valence electrons. The third-order valence-electron chi connectivity index (χ3n) is 3.04. The molecule has 0 aliphatic heterocycles. The van der Waals surface area contributed by atoms with Crippen LogP contribution in [0.3, 0.4) is 0 Å². The van der Waals surface area contributed by atoms with Gasteiger partial charge in [0, 0.05) is 6.04 Å². The second kappa shape index (κ2) is 6.33. The lowest BCUT2D eigenvalue weighted by atomic mass is 10.2. The fraction of sp³-hybridized carbons (Fsp3) is 0.462. The van der Waals surface area contributed by atoms with Crippen LogP contribution in [0.5, 0.6) is 0 Å². The molecule has 0 radical (unpaired) electrons. The van der Waals surface area contributed by atoms with Crippen molar-refractivity contribution in [2.45, 2.75) is 32.9 Å². The molecule has 2 aromatic heterocycles. The zero-order valence-electron chi connectivity index (χ0n) is 11.4. The molecule has 0 saturated heterocycles. The minimum Gasteiger partial charge on any atom is -0.481 e. The number of nitrogens with zero attached hydrogens (tertiary/aromatic N) is 3. The number of hydrogen-bond acceptors (Lipinski definition) is 6. The number of rotatable bonds is 7. The van der Waals surface area contributed by atoms with E-state index in [1.807, 2.05) is 18.7 Å². The molecule has 0 bridgehead atoms. The molecule has 7 heteroatoms. The van der Waals surface area contributed by atoms with E-state index in [9.17, 15) is 4.79 Å². The van der Waals surface area contributed by atoms with Crippen molar-refractivity contribution in [3.63, 3.8) is 0 Å². The van der Waals surface area contributed by atoms with E-state index >= 15 is 0 Å². The molecule has 0 aliphatic carbocycles. The summed E-state index contributed by atoms with van der Waals surface area (Å²) in [5.74, 6) is 0.463. The first-order valence-electron chi connectivity index (χ1n) is 6.42. The van der Waals surface area contributed by atoms with Crippen molar-refractivity contribution in [3.8, 4) is 11.7 Å². The van der Waals surface area contributed by atoms with Crippen molar-refractivity contribution >= 4 is 5.97 Å². The zero-order chi connectivity index (χ0) is 14.5. The highest BCUT2D eigenvalue weighted by molar-refractivity contribution is 5.67. The van der Waals surface area contributed by atoms with Gasteiger partial charge in [0.25, 0.3) is 5.89 Å². The van der Waals surface area contributed by atoms with Crippen LogP contribution in [-0.4, -0.2) is 38.8 Å². The Morgan fingerprint density at radius 3 is 2.90 bits per heavy atom. The van der Waals surface area contributed by atoms with Gasteiger partial charge in [-0.25, -0.2) is 0 Å². The molecule has 20 heavy (non-hydrogen) atoms. The predicted molar refractivity (Wildman–Crippen MR) is 69.8 cm³/mol. The lowest BCUT2D eigenvalue weighted by Crippen LogP contribution is -2.34. The average Bonchev–Trinajstić information content (AvgIpc) is 3.05. The monoisotopic (exact) mass is 279 g/mol. The van der Waals surface area contributed by atoms with Gasteiger partial charge in [-0.05, 0) is 25.6 Å². The Morgan fingerprint density at radius 2 is 2.30 bits per heavy atom. The summed E-state index contributed by atoms with van der Waals surface area (Å²) >= 11 is 0. The molecular formula is C13H17N3O4. The van der Waals surface area contributed by atoms with Gasteiger partial charge in [-0.1, -0.05) is 6.92 Å². The van der Waals surface area contributed by atoms with Crippen LogP contribution < -0.4 is 0 Å². The third kappa shape index (κ3) is 3.45. The van der Waals surface area contributed by atoms with Gasteiger partial charge in [-0.15, -0.1) is 10.2 Å². The van der Waals surface area contributed by atoms with Gasteiger partial charge in [-0.3, -0.25) is 9.69 Å². The fourth-order valence-corrected chi connectivity index (χ4v) is 1.95. The highest BCUT2D eigenvalue weighted by Gasteiger charge is 2.19. The number of aliphatic carboxylic acids is 1. The molecule has 2 heterocycles. The minimum absolute atomic E-state index is 0.0764. The van der Waals surface area contributed by atoms with E-state index in [2.05, 4.69) is 10.2 Å². The van der Waals surface area contributed by atoms with Crippen LogP contribution in [0.4, 0.5) is 0 Å². The average molecular weight is 279 g/mol. The van der Waals surface area contributed by atoms with Crippen molar-refractivity contribution in [2.24, 2.45) is 0 Å². The molecular weight excluding hydrogens is 262 g/mol. The summed E-state index contributed by atoms with van der Waals surface area (Å²) in [4.78, 5) is 12.7. The Hall–Kier alpha value is -2.15. The third-order valence-corrected chi connectivity index (χ3v) is 3.04. The van der Waals surface area contributed by atoms with Crippen LogP contribution in [0.25, 0.3) is 11.7 Å². The first-order chi connectivity index (χ1) is 9.60. The van der Waals surface area contributed by atoms with Crippen molar-refractivity contribution < 1.29 is 18.7 Å². The van der Waals surface area contributed by atoms with Crippen LogP contribution in [0.15, 0.2) is 27.2 Å². The summed E-state index contributed by atoms with van der Waals surface area (Å²) in [6.07, 6.45) is 1.61. The lowest BCUT2D eigenvalue weighted by Gasteiger charge is -2.24. The molecule has 2 rings (SSSR count). The Morgan fingerprint density at radius 1 is 1.50 bits per heavy atom. The van der Waals surface area contributed by atoms with Crippen molar-refractivity contribution in [1.82, 2.24) is 15.1 Å². The zero-order valence-corrected chi connectivity index (χ0v) is 11.4. The molecule has 7 nitrogen and oxygen atoms in total. The number of furan rings is 1. The van der Waals surface area contributed by atoms with Crippen molar-refractivity contribution in [3.05, 3.63) is 24.3 Å². The fourth-order valence-electron chi connectivity index (χ4n) is 1.95. The van der Waals surface area contributed by atoms with Gasteiger partial charge in [0.05, 0.1) is 19.2 Å². The number of hydrogen-bond donors (Lipinski definition) is 1. The second-order valence-corrected chi connectivity index (χ2v) is 4.49. The maximum atomic E-state index is 10.8.